The molecule has 3 aliphatic rings. The number of carbonyl (C=O) groups excluding carboxylic acids is 1. The Balaban J connectivity index is 1.49. The van der Waals surface area contributed by atoms with Crippen LogP contribution in [0.15, 0.2) is 18.5 Å². The number of rotatable bonds is 3. The van der Waals surface area contributed by atoms with E-state index in [0.29, 0.717) is 29.4 Å². The summed E-state index contributed by atoms with van der Waals surface area (Å²) in [6, 6.07) is 1.42. The fourth-order valence-corrected chi connectivity index (χ4v) is 4.63. The number of hydrogen-bond acceptors (Lipinski definition) is 3. The number of pyridine rings is 1. The Morgan fingerprint density at radius 3 is 2.86 bits per heavy atom. The Labute approximate surface area is 129 Å². The third-order valence-corrected chi connectivity index (χ3v) is 5.65. The quantitative estimate of drug-likeness (QED) is 0.933. The third kappa shape index (κ3) is 2.32. The SMILES string of the molecule is O=C(N[C@@H]1[C@@H]2CCO[C@@H]2[C@@H]1C1CCCC1)c1cncc(F)c1. The van der Waals surface area contributed by atoms with Gasteiger partial charge in [0.05, 0.1) is 17.9 Å². The second kappa shape index (κ2) is 5.61. The van der Waals surface area contributed by atoms with Gasteiger partial charge in [-0.15, -0.1) is 0 Å². The summed E-state index contributed by atoms with van der Waals surface area (Å²) < 4.78 is 19.1. The van der Waals surface area contributed by atoms with E-state index in [0.717, 1.165) is 19.2 Å². The maximum absolute atomic E-state index is 13.2. The number of nitrogens with one attached hydrogen (secondary N) is 1. The van der Waals surface area contributed by atoms with Gasteiger partial charge in [-0.2, -0.15) is 0 Å². The minimum Gasteiger partial charge on any atom is -0.377 e. The summed E-state index contributed by atoms with van der Waals surface area (Å²) in [5.41, 5.74) is 0.299. The van der Waals surface area contributed by atoms with Crippen LogP contribution in [0.3, 0.4) is 0 Å². The van der Waals surface area contributed by atoms with Crippen molar-refractivity contribution < 1.29 is 13.9 Å². The van der Waals surface area contributed by atoms with Gasteiger partial charge in [-0.05, 0) is 18.4 Å². The van der Waals surface area contributed by atoms with Crippen molar-refractivity contribution in [1.29, 1.82) is 0 Å². The highest BCUT2D eigenvalue weighted by Gasteiger charge is 2.57. The zero-order chi connectivity index (χ0) is 15.1. The molecule has 0 aromatic carbocycles. The molecule has 118 valence electrons. The zero-order valence-electron chi connectivity index (χ0n) is 12.5. The van der Waals surface area contributed by atoms with Crippen molar-refractivity contribution in [3.63, 3.8) is 0 Å². The number of ether oxygens (including phenoxy) is 1. The first kappa shape index (κ1) is 14.1. The lowest BCUT2D eigenvalue weighted by Gasteiger charge is -2.50. The van der Waals surface area contributed by atoms with E-state index in [9.17, 15) is 9.18 Å². The number of hydrogen-bond donors (Lipinski definition) is 1. The fraction of sp³-hybridized carbons (Fsp3) is 0.647. The lowest BCUT2D eigenvalue weighted by atomic mass is 9.61. The van der Waals surface area contributed by atoms with Crippen molar-refractivity contribution >= 4 is 5.91 Å². The molecule has 1 aromatic heterocycles. The molecule has 0 bridgehead atoms. The Morgan fingerprint density at radius 2 is 2.09 bits per heavy atom. The van der Waals surface area contributed by atoms with Crippen molar-refractivity contribution in [2.24, 2.45) is 17.8 Å². The van der Waals surface area contributed by atoms with Gasteiger partial charge in [-0.1, -0.05) is 25.7 Å². The van der Waals surface area contributed by atoms with Crippen molar-refractivity contribution in [2.75, 3.05) is 6.61 Å². The molecule has 1 amide bonds. The monoisotopic (exact) mass is 304 g/mol. The highest BCUT2D eigenvalue weighted by Crippen LogP contribution is 2.51. The number of aromatic nitrogens is 1. The van der Waals surface area contributed by atoms with Crippen molar-refractivity contribution in [1.82, 2.24) is 10.3 Å². The van der Waals surface area contributed by atoms with E-state index in [-0.39, 0.29) is 11.9 Å². The molecule has 0 unspecified atom stereocenters. The number of fused-ring (bicyclic) bond motifs is 1. The van der Waals surface area contributed by atoms with Crippen LogP contribution in [-0.4, -0.2) is 29.6 Å². The molecule has 4 nitrogen and oxygen atoms in total. The normalized spacial score (nSPS) is 34.2. The minimum absolute atomic E-state index is 0.173. The van der Waals surface area contributed by atoms with E-state index in [4.69, 9.17) is 4.74 Å². The van der Waals surface area contributed by atoms with Crippen molar-refractivity contribution in [3.05, 3.63) is 29.8 Å². The first-order chi connectivity index (χ1) is 10.7. The summed E-state index contributed by atoms with van der Waals surface area (Å²) in [6.45, 7) is 0.798. The number of carbonyl (C=O) groups is 1. The Kier molecular flexibility index (Phi) is 3.60. The van der Waals surface area contributed by atoms with Crippen molar-refractivity contribution in [3.8, 4) is 0 Å². The van der Waals surface area contributed by atoms with E-state index >= 15 is 0 Å². The van der Waals surface area contributed by atoms with Gasteiger partial charge in [0.25, 0.3) is 5.91 Å². The van der Waals surface area contributed by atoms with Gasteiger partial charge in [0.15, 0.2) is 0 Å². The van der Waals surface area contributed by atoms with E-state index in [1.54, 1.807) is 0 Å². The maximum Gasteiger partial charge on any atom is 0.253 e. The molecule has 3 fully saturated rings. The average molecular weight is 304 g/mol. The van der Waals surface area contributed by atoms with Crippen LogP contribution in [0.2, 0.25) is 0 Å². The van der Waals surface area contributed by atoms with Crippen LogP contribution in [0, 0.1) is 23.6 Å². The van der Waals surface area contributed by atoms with Crippen LogP contribution in [-0.2, 0) is 4.74 Å². The number of nitrogens with zero attached hydrogens (tertiary/aromatic N) is 1. The highest BCUT2D eigenvalue weighted by molar-refractivity contribution is 5.94. The Morgan fingerprint density at radius 1 is 1.27 bits per heavy atom. The summed E-state index contributed by atoms with van der Waals surface area (Å²) >= 11 is 0. The second-order valence-electron chi connectivity index (χ2n) is 6.80. The van der Waals surface area contributed by atoms with Gasteiger partial charge in [0.2, 0.25) is 0 Å². The molecular weight excluding hydrogens is 283 g/mol. The summed E-state index contributed by atoms with van der Waals surface area (Å²) in [4.78, 5) is 16.1. The molecule has 2 aliphatic carbocycles. The Hall–Kier alpha value is -1.49. The number of amides is 1. The third-order valence-electron chi connectivity index (χ3n) is 5.65. The largest absolute Gasteiger partial charge is 0.377 e. The summed E-state index contributed by atoms with van der Waals surface area (Å²) in [5, 5.41) is 3.13. The molecule has 0 radical (unpaired) electrons. The van der Waals surface area contributed by atoms with Crippen LogP contribution in [0.1, 0.15) is 42.5 Å². The Bertz CT molecular complexity index is 569. The van der Waals surface area contributed by atoms with Crippen LogP contribution in [0.25, 0.3) is 0 Å². The van der Waals surface area contributed by atoms with Gasteiger partial charge in [0.1, 0.15) is 5.82 Å². The summed E-state index contributed by atoms with van der Waals surface area (Å²) in [5.74, 6) is 0.827. The molecule has 1 saturated heterocycles. The van der Waals surface area contributed by atoms with Crippen LogP contribution < -0.4 is 5.32 Å². The van der Waals surface area contributed by atoms with Crippen molar-refractivity contribution in [2.45, 2.75) is 44.2 Å². The van der Waals surface area contributed by atoms with Gasteiger partial charge in [0, 0.05) is 30.7 Å². The van der Waals surface area contributed by atoms with E-state index in [1.807, 2.05) is 0 Å². The first-order valence-electron chi connectivity index (χ1n) is 8.27. The highest BCUT2D eigenvalue weighted by atomic mass is 19.1. The molecule has 4 rings (SSSR count). The molecule has 1 aliphatic heterocycles. The van der Waals surface area contributed by atoms with E-state index < -0.39 is 5.82 Å². The topological polar surface area (TPSA) is 51.2 Å². The van der Waals surface area contributed by atoms with Gasteiger partial charge < -0.3 is 10.1 Å². The molecule has 22 heavy (non-hydrogen) atoms. The summed E-state index contributed by atoms with van der Waals surface area (Å²) in [7, 11) is 0. The lowest BCUT2D eigenvalue weighted by molar-refractivity contribution is -0.0784. The van der Waals surface area contributed by atoms with E-state index in [2.05, 4.69) is 10.3 Å². The molecule has 2 heterocycles. The molecule has 4 atom stereocenters. The zero-order valence-corrected chi connectivity index (χ0v) is 12.5. The van der Waals surface area contributed by atoms with Crippen LogP contribution >= 0.6 is 0 Å². The van der Waals surface area contributed by atoms with Crippen LogP contribution in [0.4, 0.5) is 4.39 Å². The minimum atomic E-state index is -0.476. The molecule has 1 N–H and O–H groups in total. The fourth-order valence-electron chi connectivity index (χ4n) is 4.63. The molecular formula is C17H21FN2O2. The maximum atomic E-state index is 13.2. The molecule has 0 spiro atoms. The first-order valence-corrected chi connectivity index (χ1v) is 8.27. The predicted molar refractivity (Wildman–Crippen MR) is 78.7 cm³/mol. The second-order valence-corrected chi connectivity index (χ2v) is 6.80. The van der Waals surface area contributed by atoms with Crippen LogP contribution in [0.5, 0.6) is 0 Å². The summed E-state index contributed by atoms with van der Waals surface area (Å²) in [6.07, 6.45) is 8.92. The smallest absolute Gasteiger partial charge is 0.253 e. The number of halogens is 1. The van der Waals surface area contributed by atoms with E-state index in [1.165, 1.54) is 37.9 Å². The molecule has 1 aromatic rings. The average Bonchev–Trinajstić information content (AvgIpc) is 3.15. The lowest BCUT2D eigenvalue weighted by Crippen LogP contribution is -2.63. The van der Waals surface area contributed by atoms with Gasteiger partial charge in [-0.3, -0.25) is 9.78 Å². The molecule has 5 heteroatoms. The van der Waals surface area contributed by atoms with Gasteiger partial charge in [-0.25, -0.2) is 4.39 Å². The predicted octanol–water partition coefficient (Wildman–Crippen LogP) is 2.54. The molecule has 2 saturated carbocycles. The van der Waals surface area contributed by atoms with Gasteiger partial charge >= 0.3 is 0 Å². The standard InChI is InChI=1S/C17H21FN2O2/c18-12-7-11(8-19-9-12)17(21)20-15-13-5-6-22-16(13)14(15)10-3-1-2-4-10/h7-10,13-16H,1-6H2,(H,20,21)/t13-,14+,15+,16-/m0/s1.